The number of nitrogens with zero attached hydrogens (tertiary/aromatic N) is 4. The molecule has 1 amide bonds. The van der Waals surface area contributed by atoms with Crippen molar-refractivity contribution in [2.75, 3.05) is 31.1 Å². The van der Waals surface area contributed by atoms with Gasteiger partial charge in [-0.3, -0.25) is 4.79 Å². The van der Waals surface area contributed by atoms with Crippen molar-refractivity contribution in [1.82, 2.24) is 14.3 Å². The minimum atomic E-state index is 0.308. The van der Waals surface area contributed by atoms with E-state index in [4.69, 9.17) is 4.98 Å². The summed E-state index contributed by atoms with van der Waals surface area (Å²) in [7, 11) is 0. The van der Waals surface area contributed by atoms with Gasteiger partial charge in [-0.1, -0.05) is 56.5 Å². The third-order valence-corrected chi connectivity index (χ3v) is 5.62. The number of benzene rings is 1. The summed E-state index contributed by atoms with van der Waals surface area (Å²) in [4.78, 5) is 21.3. The molecule has 1 aliphatic heterocycles. The highest BCUT2D eigenvalue weighted by atomic mass is 32.1. The Morgan fingerprint density at radius 3 is 2.58 bits per heavy atom. The summed E-state index contributed by atoms with van der Waals surface area (Å²) in [6.07, 6.45) is 6.08. The third-order valence-electron chi connectivity index (χ3n) is 4.81. The molecule has 26 heavy (non-hydrogen) atoms. The lowest BCUT2D eigenvalue weighted by Gasteiger charge is -2.34. The van der Waals surface area contributed by atoms with Gasteiger partial charge in [0.05, 0.1) is 0 Å². The van der Waals surface area contributed by atoms with Gasteiger partial charge in [-0.25, -0.2) is 4.98 Å². The molecule has 0 N–H and O–H groups in total. The molecule has 140 valence electrons. The predicted octanol–water partition coefficient (Wildman–Crippen LogP) is 3.75. The van der Waals surface area contributed by atoms with Crippen molar-refractivity contribution in [1.29, 1.82) is 0 Å². The van der Waals surface area contributed by atoms with Crippen molar-refractivity contribution in [3.05, 3.63) is 41.7 Å². The first-order valence-electron chi connectivity index (χ1n) is 9.65. The fourth-order valence-electron chi connectivity index (χ4n) is 3.23. The van der Waals surface area contributed by atoms with Gasteiger partial charge >= 0.3 is 0 Å². The van der Waals surface area contributed by atoms with Crippen LogP contribution in [0.5, 0.6) is 0 Å². The summed E-state index contributed by atoms with van der Waals surface area (Å²) in [6.45, 7) is 5.47. The Kier molecular flexibility index (Phi) is 7.00. The van der Waals surface area contributed by atoms with Crippen LogP contribution in [0.1, 0.15) is 50.4 Å². The van der Waals surface area contributed by atoms with Crippen LogP contribution in [0.25, 0.3) is 0 Å². The Morgan fingerprint density at radius 1 is 1.08 bits per heavy atom. The van der Waals surface area contributed by atoms with E-state index >= 15 is 0 Å². The molecule has 0 unspecified atom stereocenters. The van der Waals surface area contributed by atoms with E-state index in [1.807, 2.05) is 23.1 Å². The molecule has 0 atom stereocenters. The lowest BCUT2D eigenvalue weighted by atomic mass is 10.1. The fraction of sp³-hybridized carbons (Fsp3) is 0.550. The minimum Gasteiger partial charge on any atom is -0.343 e. The molecule has 2 aromatic rings. The molecule has 3 rings (SSSR count). The smallest absolute Gasteiger partial charge is 0.222 e. The first-order valence-corrected chi connectivity index (χ1v) is 10.4. The second-order valence-corrected chi connectivity index (χ2v) is 7.56. The SMILES string of the molecule is CCCCCCC(=O)N1CCN(c2nc(Cc3ccccc3)ns2)CC1. The molecule has 5 nitrogen and oxygen atoms in total. The van der Waals surface area contributed by atoms with Crippen LogP contribution in [0.2, 0.25) is 0 Å². The number of rotatable bonds is 8. The molecule has 0 spiro atoms. The highest BCUT2D eigenvalue weighted by Gasteiger charge is 2.22. The van der Waals surface area contributed by atoms with Crippen molar-refractivity contribution in [2.24, 2.45) is 0 Å². The average molecular weight is 373 g/mol. The number of piperazine rings is 1. The van der Waals surface area contributed by atoms with E-state index in [0.29, 0.717) is 12.3 Å². The Hall–Kier alpha value is -1.95. The van der Waals surface area contributed by atoms with E-state index in [1.165, 1.54) is 29.9 Å². The van der Waals surface area contributed by atoms with Crippen LogP contribution >= 0.6 is 11.5 Å². The fourth-order valence-corrected chi connectivity index (χ4v) is 3.97. The lowest BCUT2D eigenvalue weighted by Crippen LogP contribution is -2.48. The van der Waals surface area contributed by atoms with E-state index < -0.39 is 0 Å². The molecule has 2 heterocycles. The van der Waals surface area contributed by atoms with Crippen LogP contribution < -0.4 is 4.90 Å². The largest absolute Gasteiger partial charge is 0.343 e. The predicted molar refractivity (Wildman–Crippen MR) is 107 cm³/mol. The van der Waals surface area contributed by atoms with Gasteiger partial charge in [-0.2, -0.15) is 4.37 Å². The molecule has 1 aromatic carbocycles. The quantitative estimate of drug-likeness (QED) is 0.662. The molecule has 0 aliphatic carbocycles. The summed E-state index contributed by atoms with van der Waals surface area (Å²) in [5, 5.41) is 0.978. The van der Waals surface area contributed by atoms with Gasteiger partial charge < -0.3 is 9.80 Å². The Balaban J connectivity index is 1.45. The van der Waals surface area contributed by atoms with Crippen molar-refractivity contribution in [2.45, 2.75) is 45.4 Å². The van der Waals surface area contributed by atoms with Crippen LogP contribution in [0.15, 0.2) is 30.3 Å². The molecular formula is C20H28N4OS. The van der Waals surface area contributed by atoms with E-state index in [-0.39, 0.29) is 0 Å². The van der Waals surface area contributed by atoms with Crippen molar-refractivity contribution in [3.63, 3.8) is 0 Å². The van der Waals surface area contributed by atoms with Gasteiger partial charge in [0.25, 0.3) is 0 Å². The van der Waals surface area contributed by atoms with Gasteiger partial charge in [-0.05, 0) is 12.0 Å². The normalized spacial score (nSPS) is 14.7. The van der Waals surface area contributed by atoms with Gasteiger partial charge in [0.15, 0.2) is 0 Å². The average Bonchev–Trinajstić information content (AvgIpc) is 3.14. The molecule has 0 saturated carbocycles. The van der Waals surface area contributed by atoms with E-state index in [1.54, 1.807) is 0 Å². The molecule has 1 aliphatic rings. The number of anilines is 1. The molecule has 1 aromatic heterocycles. The van der Waals surface area contributed by atoms with Gasteiger partial charge in [0.1, 0.15) is 5.82 Å². The highest BCUT2D eigenvalue weighted by Crippen LogP contribution is 2.21. The monoisotopic (exact) mass is 372 g/mol. The standard InChI is InChI=1S/C20H28N4OS/c1-2-3-4-8-11-19(25)23-12-14-24(15-13-23)20-21-18(22-26-20)16-17-9-6-5-7-10-17/h5-7,9-10H,2-4,8,11-16H2,1H3. The van der Waals surface area contributed by atoms with Crippen LogP contribution in [-0.4, -0.2) is 46.3 Å². The second-order valence-electron chi connectivity index (χ2n) is 6.83. The lowest BCUT2D eigenvalue weighted by molar-refractivity contribution is -0.131. The van der Waals surface area contributed by atoms with Gasteiger partial charge in [0, 0.05) is 50.6 Å². The summed E-state index contributed by atoms with van der Waals surface area (Å²) in [5.41, 5.74) is 1.23. The zero-order valence-electron chi connectivity index (χ0n) is 15.6. The first kappa shape index (κ1) is 18.8. The Labute approximate surface area is 160 Å². The number of aromatic nitrogens is 2. The van der Waals surface area contributed by atoms with Crippen LogP contribution in [0.4, 0.5) is 5.13 Å². The van der Waals surface area contributed by atoms with Crippen LogP contribution in [-0.2, 0) is 11.2 Å². The summed E-state index contributed by atoms with van der Waals surface area (Å²) in [6, 6.07) is 10.3. The molecular weight excluding hydrogens is 344 g/mol. The Bertz CT molecular complexity index is 680. The van der Waals surface area contributed by atoms with Gasteiger partial charge in [0.2, 0.25) is 11.0 Å². The van der Waals surface area contributed by atoms with E-state index in [0.717, 1.165) is 56.4 Å². The van der Waals surface area contributed by atoms with Crippen molar-refractivity contribution in [3.8, 4) is 0 Å². The summed E-state index contributed by atoms with van der Waals surface area (Å²) in [5.74, 6) is 1.19. The highest BCUT2D eigenvalue weighted by molar-refractivity contribution is 7.09. The Morgan fingerprint density at radius 2 is 1.85 bits per heavy atom. The van der Waals surface area contributed by atoms with Crippen molar-refractivity contribution < 1.29 is 4.79 Å². The topological polar surface area (TPSA) is 49.3 Å². The zero-order valence-corrected chi connectivity index (χ0v) is 16.4. The van der Waals surface area contributed by atoms with Crippen LogP contribution in [0, 0.1) is 0 Å². The number of amides is 1. The third kappa shape index (κ3) is 5.27. The number of carbonyl (C=O) groups excluding carboxylic acids is 1. The number of unbranched alkanes of at least 4 members (excludes halogenated alkanes) is 3. The first-order chi connectivity index (χ1) is 12.8. The van der Waals surface area contributed by atoms with Gasteiger partial charge in [-0.15, -0.1) is 0 Å². The number of hydrogen-bond acceptors (Lipinski definition) is 5. The maximum absolute atomic E-state index is 12.3. The van der Waals surface area contributed by atoms with Crippen molar-refractivity contribution >= 4 is 22.6 Å². The summed E-state index contributed by atoms with van der Waals surface area (Å²) >= 11 is 1.47. The minimum absolute atomic E-state index is 0.308. The summed E-state index contributed by atoms with van der Waals surface area (Å²) < 4.78 is 4.51. The van der Waals surface area contributed by atoms with E-state index in [9.17, 15) is 4.79 Å². The zero-order chi connectivity index (χ0) is 18.2. The maximum atomic E-state index is 12.3. The number of carbonyl (C=O) groups is 1. The molecule has 6 heteroatoms. The molecule has 0 bridgehead atoms. The second kappa shape index (κ2) is 9.67. The number of hydrogen-bond donors (Lipinski definition) is 0. The van der Waals surface area contributed by atoms with E-state index in [2.05, 4.69) is 28.3 Å². The molecule has 1 saturated heterocycles. The van der Waals surface area contributed by atoms with Crippen LogP contribution in [0.3, 0.4) is 0 Å². The maximum Gasteiger partial charge on any atom is 0.222 e. The molecule has 1 fully saturated rings. The molecule has 0 radical (unpaired) electrons.